The zero-order chi connectivity index (χ0) is 30.2. The van der Waals surface area contributed by atoms with E-state index in [1.54, 1.807) is 0 Å². The van der Waals surface area contributed by atoms with E-state index in [-0.39, 0.29) is 0 Å². The topological polar surface area (TPSA) is 43.9 Å². The third-order valence-electron chi connectivity index (χ3n) is 9.21. The third kappa shape index (κ3) is 3.61. The molecule has 0 unspecified atom stereocenters. The van der Waals surface area contributed by atoms with E-state index in [2.05, 4.69) is 132 Å². The minimum absolute atomic E-state index is 0.572. The van der Waals surface area contributed by atoms with Gasteiger partial charge < -0.3 is 4.42 Å². The van der Waals surface area contributed by atoms with E-state index in [9.17, 15) is 0 Å². The average Bonchev–Trinajstić information content (AvgIpc) is 3.68. The molecular weight excluding hydrogens is 562 g/mol. The highest BCUT2D eigenvalue weighted by Gasteiger charge is 2.23. The average molecular weight is 588 g/mol. The quantitative estimate of drug-likeness (QED) is 0.207. The number of furan rings is 1. The van der Waals surface area contributed by atoms with Crippen LogP contribution in [0.15, 0.2) is 156 Å². The molecule has 0 aliphatic carbocycles. The summed E-state index contributed by atoms with van der Waals surface area (Å²) in [5.41, 5.74) is 7.66. The Morgan fingerprint density at radius 2 is 1.13 bits per heavy atom. The van der Waals surface area contributed by atoms with Gasteiger partial charge in [0.15, 0.2) is 0 Å². The molecule has 0 saturated carbocycles. The van der Waals surface area contributed by atoms with E-state index in [1.807, 2.05) is 24.3 Å². The normalized spacial score (nSPS) is 11.9. The molecule has 0 bridgehead atoms. The monoisotopic (exact) mass is 587 g/mol. The van der Waals surface area contributed by atoms with Crippen LogP contribution in [0.1, 0.15) is 0 Å². The summed E-state index contributed by atoms with van der Waals surface area (Å²) < 4.78 is 8.72. The summed E-state index contributed by atoms with van der Waals surface area (Å²) in [6.45, 7) is 0. The van der Waals surface area contributed by atoms with Gasteiger partial charge in [0.2, 0.25) is 11.7 Å². The summed E-state index contributed by atoms with van der Waals surface area (Å²) in [5, 5.41) is 9.02. The van der Waals surface area contributed by atoms with Crippen LogP contribution in [0.3, 0.4) is 0 Å². The summed E-state index contributed by atoms with van der Waals surface area (Å²) in [6, 6.07) is 53.2. The molecule has 0 saturated heterocycles. The Kier molecular flexibility index (Phi) is 5.25. The van der Waals surface area contributed by atoms with Crippen molar-refractivity contribution in [3.05, 3.63) is 152 Å². The van der Waals surface area contributed by atoms with Gasteiger partial charge in [0.1, 0.15) is 5.58 Å². The van der Waals surface area contributed by atoms with Crippen LogP contribution in [0.4, 0.5) is 0 Å². The summed E-state index contributed by atoms with van der Waals surface area (Å²) in [4.78, 5) is 10.6. The Morgan fingerprint density at radius 3 is 2.00 bits per heavy atom. The molecule has 3 heterocycles. The maximum absolute atomic E-state index is 6.49. The lowest BCUT2D eigenvalue weighted by Crippen LogP contribution is -2.03. The lowest BCUT2D eigenvalue weighted by molar-refractivity contribution is 0.651. The number of fused-ring (bicyclic) bond motifs is 10. The van der Waals surface area contributed by atoms with Gasteiger partial charge in [0.05, 0.1) is 22.1 Å². The highest BCUT2D eigenvalue weighted by molar-refractivity contribution is 6.26. The number of hydrogen-bond donors (Lipinski definition) is 0. The Hall–Kier alpha value is -6.26. The first kappa shape index (κ1) is 25.1. The smallest absolute Gasteiger partial charge is 0.238 e. The van der Waals surface area contributed by atoms with Crippen molar-refractivity contribution in [1.82, 2.24) is 14.5 Å². The van der Waals surface area contributed by atoms with Crippen LogP contribution < -0.4 is 0 Å². The fourth-order valence-corrected chi connectivity index (χ4v) is 7.15. The number of rotatable bonds is 3. The molecule has 10 aromatic rings. The second-order valence-corrected chi connectivity index (χ2v) is 11.8. The molecule has 46 heavy (non-hydrogen) atoms. The largest absolute Gasteiger partial charge is 0.437 e. The van der Waals surface area contributed by atoms with Gasteiger partial charge in [0.25, 0.3) is 0 Å². The van der Waals surface area contributed by atoms with Gasteiger partial charge in [-0.1, -0.05) is 133 Å². The maximum Gasteiger partial charge on any atom is 0.238 e. The SMILES string of the molecule is c1ccc(-c2cccc(-c3nc(-n4c5ccc6ccccc6c5c5ccc6ccccc6c54)nc4oc5ccccc5c34)c2)cc1. The van der Waals surface area contributed by atoms with Gasteiger partial charge in [-0.2, -0.15) is 4.98 Å². The van der Waals surface area contributed by atoms with Crippen molar-refractivity contribution in [3.63, 3.8) is 0 Å². The summed E-state index contributed by atoms with van der Waals surface area (Å²) in [7, 11) is 0. The van der Waals surface area contributed by atoms with Gasteiger partial charge in [0, 0.05) is 27.1 Å². The van der Waals surface area contributed by atoms with Gasteiger partial charge >= 0.3 is 0 Å². The number of para-hydroxylation sites is 1. The molecule has 0 aliphatic heterocycles. The lowest BCUT2D eigenvalue weighted by atomic mass is 10.00. The van der Waals surface area contributed by atoms with Gasteiger partial charge in [-0.15, -0.1) is 0 Å². The molecule has 4 heteroatoms. The number of hydrogen-bond acceptors (Lipinski definition) is 3. The number of aromatic nitrogens is 3. The molecule has 4 nitrogen and oxygen atoms in total. The van der Waals surface area contributed by atoms with E-state index in [0.717, 1.165) is 55.2 Å². The molecule has 0 radical (unpaired) electrons. The predicted molar refractivity (Wildman–Crippen MR) is 190 cm³/mol. The minimum Gasteiger partial charge on any atom is -0.437 e. The zero-order valence-electron chi connectivity index (χ0n) is 24.7. The van der Waals surface area contributed by atoms with Crippen molar-refractivity contribution in [2.45, 2.75) is 0 Å². The van der Waals surface area contributed by atoms with Crippen molar-refractivity contribution < 1.29 is 4.42 Å². The van der Waals surface area contributed by atoms with E-state index >= 15 is 0 Å². The molecule has 3 aromatic heterocycles. The minimum atomic E-state index is 0.572. The highest BCUT2D eigenvalue weighted by atomic mass is 16.3. The molecule has 0 spiro atoms. The van der Waals surface area contributed by atoms with E-state index in [1.165, 1.54) is 26.9 Å². The standard InChI is InChI=1S/C42H25N3O/c1-2-11-26(12-3-1)29-15-10-16-30(25-29)39-38-33-19-8-9-20-36(33)46-41(38)44-42(43-39)45-35-24-22-27-13-4-6-17-31(27)37(35)34-23-21-28-14-5-7-18-32(28)40(34)45/h1-25H. The molecular formula is C42H25N3O. The second-order valence-electron chi connectivity index (χ2n) is 11.8. The molecule has 0 amide bonds. The van der Waals surface area contributed by atoms with Gasteiger partial charge in [-0.05, 0) is 45.5 Å². The molecule has 0 atom stereocenters. The Morgan fingerprint density at radius 1 is 0.457 bits per heavy atom. The Bertz CT molecular complexity index is 2810. The van der Waals surface area contributed by atoms with Crippen LogP contribution in [0.25, 0.3) is 93.8 Å². The fourth-order valence-electron chi connectivity index (χ4n) is 7.15. The van der Waals surface area contributed by atoms with Crippen LogP contribution in [-0.2, 0) is 0 Å². The number of benzene rings is 7. The van der Waals surface area contributed by atoms with Crippen molar-refractivity contribution in [3.8, 4) is 28.3 Å². The van der Waals surface area contributed by atoms with Crippen LogP contribution in [0.2, 0.25) is 0 Å². The predicted octanol–water partition coefficient (Wildman–Crippen LogP) is 11.1. The first-order valence-corrected chi connectivity index (χ1v) is 15.5. The summed E-state index contributed by atoms with van der Waals surface area (Å²) in [6.07, 6.45) is 0. The molecule has 214 valence electrons. The Balaban J connectivity index is 1.36. The maximum atomic E-state index is 6.49. The fraction of sp³-hybridized carbons (Fsp3) is 0. The zero-order valence-corrected chi connectivity index (χ0v) is 24.7. The van der Waals surface area contributed by atoms with Gasteiger partial charge in [-0.3, -0.25) is 4.57 Å². The van der Waals surface area contributed by atoms with Crippen molar-refractivity contribution >= 4 is 65.4 Å². The van der Waals surface area contributed by atoms with Crippen LogP contribution in [-0.4, -0.2) is 14.5 Å². The second kappa shape index (κ2) is 9.62. The summed E-state index contributed by atoms with van der Waals surface area (Å²) >= 11 is 0. The lowest BCUT2D eigenvalue weighted by Gasteiger charge is -2.12. The first-order valence-electron chi connectivity index (χ1n) is 15.5. The molecule has 0 fully saturated rings. The van der Waals surface area contributed by atoms with Crippen molar-refractivity contribution in [2.75, 3.05) is 0 Å². The van der Waals surface area contributed by atoms with Crippen molar-refractivity contribution in [2.24, 2.45) is 0 Å². The van der Waals surface area contributed by atoms with Gasteiger partial charge in [-0.25, -0.2) is 4.98 Å². The van der Waals surface area contributed by atoms with E-state index < -0.39 is 0 Å². The highest BCUT2D eigenvalue weighted by Crippen LogP contribution is 2.41. The molecule has 7 aromatic carbocycles. The first-order chi connectivity index (χ1) is 22.8. The number of nitrogens with zero attached hydrogens (tertiary/aromatic N) is 3. The third-order valence-corrected chi connectivity index (χ3v) is 9.21. The van der Waals surface area contributed by atoms with Crippen LogP contribution >= 0.6 is 0 Å². The van der Waals surface area contributed by atoms with Crippen LogP contribution in [0.5, 0.6) is 0 Å². The summed E-state index contributed by atoms with van der Waals surface area (Å²) in [5.74, 6) is 0.582. The molecule has 10 rings (SSSR count). The van der Waals surface area contributed by atoms with Crippen molar-refractivity contribution in [1.29, 1.82) is 0 Å². The van der Waals surface area contributed by atoms with E-state index in [0.29, 0.717) is 11.7 Å². The molecule has 0 N–H and O–H groups in total. The van der Waals surface area contributed by atoms with E-state index in [4.69, 9.17) is 14.4 Å². The van der Waals surface area contributed by atoms with Crippen LogP contribution in [0, 0.1) is 0 Å². The Labute approximate surface area is 263 Å². The molecule has 0 aliphatic rings.